The van der Waals surface area contributed by atoms with Crippen molar-refractivity contribution < 1.29 is 0 Å². The van der Waals surface area contributed by atoms with E-state index in [9.17, 15) is 0 Å². The predicted octanol–water partition coefficient (Wildman–Crippen LogP) is 3.98. The van der Waals surface area contributed by atoms with Crippen molar-refractivity contribution in [3.63, 3.8) is 0 Å². The molecule has 0 spiro atoms. The molecule has 0 unspecified atom stereocenters. The Morgan fingerprint density at radius 3 is 2.25 bits per heavy atom. The number of pyridine rings is 1. The first kappa shape index (κ1) is 10.9. The van der Waals surface area contributed by atoms with E-state index in [0.717, 1.165) is 11.4 Å². The third-order valence-electron chi connectivity index (χ3n) is 3.06. The molecule has 0 bridgehead atoms. The maximum absolute atomic E-state index is 4.66. The van der Waals surface area contributed by atoms with Crippen LogP contribution in [-0.4, -0.2) is 4.98 Å². The van der Waals surface area contributed by atoms with Gasteiger partial charge in [-0.2, -0.15) is 0 Å². The summed E-state index contributed by atoms with van der Waals surface area (Å²) in [4.78, 5) is 4.66. The van der Waals surface area contributed by atoms with Crippen molar-refractivity contribution in [1.82, 2.24) is 4.98 Å². The number of nitrogens with zero attached hydrogens (tertiary/aromatic N) is 1. The Hall–Kier alpha value is -1.63. The Morgan fingerprint density at radius 1 is 0.875 bits per heavy atom. The Balaban J connectivity index is 2.69. The normalized spacial score (nSPS) is 10.5. The Morgan fingerprint density at radius 2 is 1.56 bits per heavy atom. The number of aryl methyl sites for hydroxylation is 3. The molecule has 82 valence electrons. The van der Waals surface area contributed by atoms with Gasteiger partial charge < -0.3 is 0 Å². The highest BCUT2D eigenvalue weighted by molar-refractivity contribution is 5.67. The van der Waals surface area contributed by atoms with Crippen LogP contribution in [0.4, 0.5) is 0 Å². The monoisotopic (exact) mass is 211 g/mol. The van der Waals surface area contributed by atoms with Crippen molar-refractivity contribution in [1.29, 1.82) is 0 Å². The van der Waals surface area contributed by atoms with Crippen LogP contribution >= 0.6 is 0 Å². The van der Waals surface area contributed by atoms with E-state index in [0.29, 0.717) is 0 Å². The molecule has 0 saturated heterocycles. The first-order valence-corrected chi connectivity index (χ1v) is 5.60. The summed E-state index contributed by atoms with van der Waals surface area (Å²) in [5.74, 6) is 0. The molecule has 0 N–H and O–H groups in total. The fourth-order valence-electron chi connectivity index (χ4n) is 2.00. The van der Waals surface area contributed by atoms with Gasteiger partial charge in [0.25, 0.3) is 0 Å². The molecule has 2 rings (SSSR count). The van der Waals surface area contributed by atoms with Gasteiger partial charge in [0.1, 0.15) is 0 Å². The minimum absolute atomic E-state index is 1.08. The van der Waals surface area contributed by atoms with Crippen LogP contribution in [0.15, 0.2) is 30.3 Å². The number of aromatic nitrogens is 1. The summed E-state index contributed by atoms with van der Waals surface area (Å²) < 4.78 is 0. The second-order valence-electron chi connectivity index (χ2n) is 4.37. The van der Waals surface area contributed by atoms with Gasteiger partial charge in [0.05, 0.1) is 5.69 Å². The topological polar surface area (TPSA) is 12.9 Å². The van der Waals surface area contributed by atoms with Gasteiger partial charge in [0.2, 0.25) is 0 Å². The van der Waals surface area contributed by atoms with Crippen LogP contribution in [0.3, 0.4) is 0 Å². The molecule has 0 fully saturated rings. The summed E-state index contributed by atoms with van der Waals surface area (Å²) in [6, 6.07) is 10.5. The molecule has 0 aliphatic carbocycles. The minimum Gasteiger partial charge on any atom is -0.253 e. The van der Waals surface area contributed by atoms with E-state index in [1.165, 1.54) is 22.3 Å². The lowest BCUT2D eigenvalue weighted by Crippen LogP contribution is -1.96. The largest absolute Gasteiger partial charge is 0.253 e. The molecule has 0 aliphatic rings. The first-order valence-electron chi connectivity index (χ1n) is 5.60. The third kappa shape index (κ3) is 1.85. The van der Waals surface area contributed by atoms with Crippen molar-refractivity contribution in [2.24, 2.45) is 0 Å². The average molecular weight is 211 g/mol. The summed E-state index contributed by atoms with van der Waals surface area (Å²) in [5, 5.41) is 0. The second kappa shape index (κ2) is 4.09. The van der Waals surface area contributed by atoms with Crippen molar-refractivity contribution in [3.8, 4) is 11.3 Å². The van der Waals surface area contributed by atoms with Crippen LogP contribution in [0, 0.1) is 27.7 Å². The van der Waals surface area contributed by atoms with Gasteiger partial charge >= 0.3 is 0 Å². The fraction of sp³-hybridized carbons (Fsp3) is 0.267. The van der Waals surface area contributed by atoms with Crippen molar-refractivity contribution >= 4 is 0 Å². The van der Waals surface area contributed by atoms with Crippen LogP contribution in [0.25, 0.3) is 11.3 Å². The van der Waals surface area contributed by atoms with E-state index in [4.69, 9.17) is 0 Å². The molecule has 1 aromatic carbocycles. The summed E-state index contributed by atoms with van der Waals surface area (Å²) in [5.41, 5.74) is 7.32. The molecule has 2 aromatic rings. The lowest BCUT2D eigenvalue weighted by atomic mass is 9.99. The summed E-state index contributed by atoms with van der Waals surface area (Å²) in [7, 11) is 0. The average Bonchev–Trinajstić information content (AvgIpc) is 2.24. The highest BCUT2D eigenvalue weighted by atomic mass is 14.7. The number of rotatable bonds is 1. The highest BCUT2D eigenvalue weighted by Crippen LogP contribution is 2.26. The zero-order valence-electron chi connectivity index (χ0n) is 10.3. The minimum atomic E-state index is 1.08. The molecular formula is C15H17N. The van der Waals surface area contributed by atoms with Gasteiger partial charge in [0, 0.05) is 11.3 Å². The quantitative estimate of drug-likeness (QED) is 0.695. The Labute approximate surface area is 97.2 Å². The number of hydrogen-bond donors (Lipinski definition) is 0. The van der Waals surface area contributed by atoms with Gasteiger partial charge in [-0.3, -0.25) is 4.98 Å². The maximum Gasteiger partial charge on any atom is 0.0739 e. The lowest BCUT2D eigenvalue weighted by Gasteiger charge is -2.11. The van der Waals surface area contributed by atoms with Crippen LogP contribution in [-0.2, 0) is 0 Å². The molecular weight excluding hydrogens is 194 g/mol. The zero-order valence-corrected chi connectivity index (χ0v) is 10.3. The molecule has 0 atom stereocenters. The predicted molar refractivity (Wildman–Crippen MR) is 68.6 cm³/mol. The van der Waals surface area contributed by atoms with E-state index < -0.39 is 0 Å². The van der Waals surface area contributed by atoms with Gasteiger partial charge in [-0.1, -0.05) is 24.3 Å². The van der Waals surface area contributed by atoms with Crippen LogP contribution in [0.2, 0.25) is 0 Å². The van der Waals surface area contributed by atoms with Crippen molar-refractivity contribution in [2.75, 3.05) is 0 Å². The van der Waals surface area contributed by atoms with Crippen molar-refractivity contribution in [3.05, 3.63) is 52.7 Å². The summed E-state index contributed by atoms with van der Waals surface area (Å²) in [6.45, 7) is 8.47. The molecule has 1 aromatic heterocycles. The van der Waals surface area contributed by atoms with Gasteiger partial charge in [-0.25, -0.2) is 0 Å². The van der Waals surface area contributed by atoms with Gasteiger partial charge in [-0.05, 0) is 50.5 Å². The molecule has 0 amide bonds. The zero-order chi connectivity index (χ0) is 11.7. The number of benzene rings is 1. The van der Waals surface area contributed by atoms with Crippen LogP contribution in [0.1, 0.15) is 22.4 Å². The molecule has 16 heavy (non-hydrogen) atoms. The maximum atomic E-state index is 4.66. The van der Waals surface area contributed by atoms with E-state index >= 15 is 0 Å². The molecule has 1 nitrogen and oxygen atoms in total. The van der Waals surface area contributed by atoms with Crippen LogP contribution < -0.4 is 0 Å². The first-order chi connectivity index (χ1) is 7.59. The standard InChI is InChI=1S/C15H17N/c1-10-7-5-6-8-14(10)15-13(4)11(2)9-12(3)16-15/h5-9H,1-4H3. The highest BCUT2D eigenvalue weighted by Gasteiger charge is 2.08. The molecule has 0 aliphatic heterocycles. The summed E-state index contributed by atoms with van der Waals surface area (Å²) in [6.07, 6.45) is 0. The second-order valence-corrected chi connectivity index (χ2v) is 4.37. The van der Waals surface area contributed by atoms with E-state index in [1.807, 2.05) is 6.92 Å². The van der Waals surface area contributed by atoms with Crippen molar-refractivity contribution in [2.45, 2.75) is 27.7 Å². The van der Waals surface area contributed by atoms with E-state index in [1.54, 1.807) is 0 Å². The molecule has 1 heterocycles. The van der Waals surface area contributed by atoms with Crippen LogP contribution in [0.5, 0.6) is 0 Å². The van der Waals surface area contributed by atoms with Gasteiger partial charge in [0.15, 0.2) is 0 Å². The lowest BCUT2D eigenvalue weighted by molar-refractivity contribution is 1.14. The molecule has 1 heteroatoms. The Bertz CT molecular complexity index is 527. The summed E-state index contributed by atoms with van der Waals surface area (Å²) >= 11 is 0. The SMILES string of the molecule is Cc1cc(C)c(C)c(-c2ccccc2C)n1. The van der Waals surface area contributed by atoms with E-state index in [-0.39, 0.29) is 0 Å². The fourth-order valence-corrected chi connectivity index (χ4v) is 2.00. The third-order valence-corrected chi connectivity index (χ3v) is 3.06. The van der Waals surface area contributed by atoms with E-state index in [2.05, 4.69) is 56.1 Å². The number of hydrogen-bond acceptors (Lipinski definition) is 1. The smallest absolute Gasteiger partial charge is 0.0739 e. The molecule has 0 saturated carbocycles. The molecule has 0 radical (unpaired) electrons. The van der Waals surface area contributed by atoms with Gasteiger partial charge in [-0.15, -0.1) is 0 Å². The Kier molecular flexibility index (Phi) is 2.78.